The molecule has 9 heteroatoms. The fraction of sp³-hybridized carbons (Fsp3) is 0.533. The van der Waals surface area contributed by atoms with Gasteiger partial charge in [-0.3, -0.25) is 24.1 Å². The quantitative estimate of drug-likeness (QED) is 0.847. The average molecular weight is 365 g/mol. The Morgan fingerprint density at radius 2 is 2.08 bits per heavy atom. The van der Waals surface area contributed by atoms with Crippen LogP contribution in [0.3, 0.4) is 0 Å². The maximum atomic E-state index is 12.7. The highest BCUT2D eigenvalue weighted by Gasteiger charge is 2.33. The molecule has 0 saturated carbocycles. The molecule has 2 aliphatic rings. The van der Waals surface area contributed by atoms with Gasteiger partial charge in [0.15, 0.2) is 0 Å². The second-order valence-corrected chi connectivity index (χ2v) is 8.35. The van der Waals surface area contributed by atoms with E-state index in [0.29, 0.717) is 17.1 Å². The van der Waals surface area contributed by atoms with Crippen LogP contribution in [0, 0.1) is 0 Å². The Morgan fingerprint density at radius 3 is 2.79 bits per heavy atom. The molecule has 0 aromatic carbocycles. The number of fused-ring (bicyclic) bond motifs is 1. The van der Waals surface area contributed by atoms with E-state index in [1.807, 2.05) is 29.6 Å². The molecular formula is C15H19N5O2S2. The summed E-state index contributed by atoms with van der Waals surface area (Å²) < 4.78 is 3.66. The number of aromatic amines is 1. The smallest absolute Gasteiger partial charge is 0.271 e. The number of nitrogens with zero attached hydrogens (tertiary/aromatic N) is 3. The molecule has 4 rings (SSSR count). The minimum absolute atomic E-state index is 0.0659. The lowest BCUT2D eigenvalue weighted by Gasteiger charge is -2.24. The molecule has 2 aromatic rings. The monoisotopic (exact) mass is 365 g/mol. The van der Waals surface area contributed by atoms with Crippen molar-refractivity contribution in [1.29, 1.82) is 0 Å². The van der Waals surface area contributed by atoms with Crippen molar-refractivity contribution in [2.24, 2.45) is 7.05 Å². The van der Waals surface area contributed by atoms with E-state index < -0.39 is 0 Å². The van der Waals surface area contributed by atoms with Crippen molar-refractivity contribution in [1.82, 2.24) is 19.6 Å². The lowest BCUT2D eigenvalue weighted by atomic mass is 10.1. The van der Waals surface area contributed by atoms with Gasteiger partial charge in [-0.05, 0) is 30.4 Å². The number of carbonyl (C=O) groups excluding carboxylic acids is 1. The molecule has 1 saturated heterocycles. The van der Waals surface area contributed by atoms with E-state index in [1.54, 1.807) is 10.9 Å². The first kappa shape index (κ1) is 15.9. The Morgan fingerprint density at radius 1 is 1.29 bits per heavy atom. The number of rotatable bonds is 2. The van der Waals surface area contributed by atoms with Crippen LogP contribution < -0.4 is 10.9 Å². The average Bonchev–Trinajstić information content (AvgIpc) is 3.09. The molecule has 4 heterocycles. The summed E-state index contributed by atoms with van der Waals surface area (Å²) in [4.78, 5) is 24.9. The van der Waals surface area contributed by atoms with Gasteiger partial charge >= 0.3 is 0 Å². The van der Waals surface area contributed by atoms with Crippen molar-refractivity contribution >= 4 is 35.2 Å². The van der Waals surface area contributed by atoms with Crippen molar-refractivity contribution in [3.05, 3.63) is 33.9 Å². The van der Waals surface area contributed by atoms with Crippen LogP contribution in [0.4, 0.5) is 5.82 Å². The van der Waals surface area contributed by atoms with Gasteiger partial charge in [-0.25, -0.2) is 0 Å². The third-order valence-electron chi connectivity index (χ3n) is 4.55. The second kappa shape index (κ2) is 6.36. The van der Waals surface area contributed by atoms with Crippen LogP contribution in [0.15, 0.2) is 17.1 Å². The van der Waals surface area contributed by atoms with Crippen molar-refractivity contribution in [2.45, 2.75) is 24.1 Å². The predicted octanol–water partition coefficient (Wildman–Crippen LogP) is 1.75. The number of nitrogens with one attached hydrogen (secondary N) is 2. The summed E-state index contributed by atoms with van der Waals surface area (Å²) in [5.41, 5.74) is 1.44. The molecule has 2 aliphatic heterocycles. The Hall–Kier alpha value is -1.61. The number of aromatic nitrogens is 4. The summed E-state index contributed by atoms with van der Waals surface area (Å²) in [5.74, 6) is 3.05. The highest BCUT2D eigenvalue weighted by molar-refractivity contribution is 8.00. The maximum absolute atomic E-state index is 12.7. The number of H-pyrrole nitrogens is 1. The van der Waals surface area contributed by atoms with Gasteiger partial charge in [0, 0.05) is 13.2 Å². The molecule has 1 amide bonds. The van der Waals surface area contributed by atoms with E-state index in [0.717, 1.165) is 30.0 Å². The van der Waals surface area contributed by atoms with Crippen LogP contribution in [0.25, 0.3) is 0 Å². The van der Waals surface area contributed by atoms with Crippen LogP contribution in [-0.2, 0) is 11.8 Å². The van der Waals surface area contributed by atoms with Crippen LogP contribution in [-0.4, -0.2) is 42.7 Å². The fourth-order valence-electron chi connectivity index (χ4n) is 3.34. The number of hydrogen-bond acceptors (Lipinski definition) is 5. The third-order valence-corrected chi connectivity index (χ3v) is 6.84. The van der Waals surface area contributed by atoms with E-state index >= 15 is 0 Å². The SMILES string of the molecule is Cn1nccc1C1SCC(=O)Nc2c1c(=O)[nH]n2C1CCSCC1. The lowest BCUT2D eigenvalue weighted by molar-refractivity contribution is -0.113. The van der Waals surface area contributed by atoms with Crippen LogP contribution >= 0.6 is 23.5 Å². The Bertz CT molecular complexity index is 818. The van der Waals surface area contributed by atoms with Gasteiger partial charge in [-0.1, -0.05) is 0 Å². The highest BCUT2D eigenvalue weighted by atomic mass is 32.2. The number of carbonyl (C=O) groups is 1. The largest absolute Gasteiger partial charge is 0.310 e. The molecule has 128 valence electrons. The Labute approximate surface area is 147 Å². The predicted molar refractivity (Wildman–Crippen MR) is 96.8 cm³/mol. The fourth-order valence-corrected chi connectivity index (χ4v) is 5.59. The molecule has 1 unspecified atom stereocenters. The standard InChI is InChI=1S/C15H19N5O2S2/c1-19-10(2-5-16-19)13-12-14(17-11(21)8-24-13)20(18-15(12)22)9-3-6-23-7-4-9/h2,5,9,13H,3-4,6-8H2,1H3,(H,17,21)(H,18,22). The minimum Gasteiger partial charge on any atom is -0.310 e. The van der Waals surface area contributed by atoms with Crippen molar-refractivity contribution < 1.29 is 4.79 Å². The molecule has 0 spiro atoms. The van der Waals surface area contributed by atoms with E-state index in [-0.39, 0.29) is 22.8 Å². The van der Waals surface area contributed by atoms with Gasteiger partial charge < -0.3 is 5.32 Å². The van der Waals surface area contributed by atoms with E-state index in [4.69, 9.17) is 0 Å². The summed E-state index contributed by atoms with van der Waals surface area (Å²) in [6, 6.07) is 2.14. The molecule has 2 aromatic heterocycles. The molecule has 1 fully saturated rings. The maximum Gasteiger partial charge on any atom is 0.271 e. The minimum atomic E-state index is -0.200. The number of amides is 1. The summed E-state index contributed by atoms with van der Waals surface area (Å²) in [6.45, 7) is 0. The number of anilines is 1. The normalized spacial score (nSPS) is 22.0. The molecule has 0 aliphatic carbocycles. The Balaban J connectivity index is 1.83. The van der Waals surface area contributed by atoms with Gasteiger partial charge in [0.05, 0.1) is 28.3 Å². The number of aryl methyl sites for hydroxylation is 1. The van der Waals surface area contributed by atoms with Gasteiger partial charge in [0.1, 0.15) is 5.82 Å². The molecular weight excluding hydrogens is 346 g/mol. The topological polar surface area (TPSA) is 84.7 Å². The second-order valence-electron chi connectivity index (χ2n) is 6.04. The van der Waals surface area contributed by atoms with Crippen LogP contribution in [0.2, 0.25) is 0 Å². The Kier molecular flexibility index (Phi) is 4.21. The van der Waals surface area contributed by atoms with Crippen LogP contribution in [0.5, 0.6) is 0 Å². The zero-order valence-electron chi connectivity index (χ0n) is 13.3. The summed E-state index contributed by atoms with van der Waals surface area (Å²) in [5, 5.41) is 9.95. The highest BCUT2D eigenvalue weighted by Crippen LogP contribution is 2.41. The van der Waals surface area contributed by atoms with E-state index in [2.05, 4.69) is 15.5 Å². The van der Waals surface area contributed by atoms with Crippen molar-refractivity contribution in [3.8, 4) is 0 Å². The van der Waals surface area contributed by atoms with E-state index in [9.17, 15) is 9.59 Å². The molecule has 0 radical (unpaired) electrons. The molecule has 2 N–H and O–H groups in total. The first-order valence-electron chi connectivity index (χ1n) is 7.96. The van der Waals surface area contributed by atoms with Crippen molar-refractivity contribution in [3.63, 3.8) is 0 Å². The van der Waals surface area contributed by atoms with Gasteiger partial charge in [-0.15, -0.1) is 11.8 Å². The van der Waals surface area contributed by atoms with Crippen LogP contribution in [0.1, 0.15) is 35.4 Å². The zero-order valence-corrected chi connectivity index (χ0v) is 15.0. The summed E-state index contributed by atoms with van der Waals surface area (Å²) in [6.07, 6.45) is 3.72. The molecule has 24 heavy (non-hydrogen) atoms. The van der Waals surface area contributed by atoms with Gasteiger partial charge in [0.2, 0.25) is 5.91 Å². The third kappa shape index (κ3) is 2.69. The summed E-state index contributed by atoms with van der Waals surface area (Å²) in [7, 11) is 1.86. The number of hydrogen-bond donors (Lipinski definition) is 2. The zero-order chi connectivity index (χ0) is 16.7. The molecule has 7 nitrogen and oxygen atoms in total. The van der Waals surface area contributed by atoms with E-state index in [1.165, 1.54) is 11.8 Å². The first-order valence-corrected chi connectivity index (χ1v) is 10.2. The number of thioether (sulfide) groups is 2. The molecule has 1 atom stereocenters. The summed E-state index contributed by atoms with van der Waals surface area (Å²) >= 11 is 3.40. The molecule has 0 bridgehead atoms. The van der Waals surface area contributed by atoms with Gasteiger partial charge in [0.25, 0.3) is 5.56 Å². The lowest BCUT2D eigenvalue weighted by Crippen LogP contribution is -2.22. The first-order chi connectivity index (χ1) is 11.6. The van der Waals surface area contributed by atoms with Crippen molar-refractivity contribution in [2.75, 3.05) is 22.6 Å². The van der Waals surface area contributed by atoms with Gasteiger partial charge in [-0.2, -0.15) is 16.9 Å².